The number of rotatable bonds is 11. The van der Waals surface area contributed by atoms with Crippen LogP contribution in [-0.2, 0) is 16.1 Å². The number of nitrogens with zero attached hydrogens (tertiary/aromatic N) is 2. The van der Waals surface area contributed by atoms with Crippen LogP contribution in [0.5, 0.6) is 17.2 Å². The molecular weight excluding hydrogens is 552 g/mol. The van der Waals surface area contributed by atoms with Gasteiger partial charge in [-0.25, -0.2) is 9.79 Å². The van der Waals surface area contributed by atoms with Crippen molar-refractivity contribution in [3.63, 3.8) is 0 Å². The first kappa shape index (κ1) is 28.9. The number of aliphatic imine (C=N–C) groups is 1. The van der Waals surface area contributed by atoms with Gasteiger partial charge in [-0.1, -0.05) is 30.0 Å². The Labute approximate surface area is 248 Å². The number of para-hydroxylation sites is 1. The smallest absolute Gasteiger partial charge is 0.344 e. The van der Waals surface area contributed by atoms with E-state index in [9.17, 15) is 9.90 Å². The van der Waals surface area contributed by atoms with Crippen LogP contribution < -0.4 is 14.2 Å². The number of fused-ring (bicyclic) bond motifs is 1. The lowest BCUT2D eigenvalue weighted by Crippen LogP contribution is -2.12. The standard InChI is InChI=1S/C33H32N2O6S/c1-4-39-25-12-10-23(11-13-25)34-32-30(33(37)40-5-2)31(36)29(42-32)20-22-21-35(28-9-7-6-8-27(22)28)18-19-41-26-16-14-24(38-3)15-17-26/h6-17,20-21,36H,4-5,18-19H2,1-3H3/b29-20-,34-32?. The van der Waals surface area contributed by atoms with Crippen LogP contribution in [0.3, 0.4) is 0 Å². The topological polar surface area (TPSA) is 91.5 Å². The molecule has 0 unspecified atom stereocenters. The first-order valence-corrected chi connectivity index (χ1v) is 14.5. The Morgan fingerprint density at radius 3 is 2.33 bits per heavy atom. The maximum atomic E-state index is 12.9. The molecule has 9 heteroatoms. The van der Waals surface area contributed by atoms with E-state index in [1.165, 1.54) is 11.8 Å². The third kappa shape index (κ3) is 6.47. The van der Waals surface area contributed by atoms with E-state index in [1.807, 2.05) is 92.0 Å². The SMILES string of the molecule is CCOC(=O)C1=C(O)/C(=C/c2cn(CCOc3ccc(OC)cc3)c3ccccc23)SC1=Nc1ccc(OCC)cc1. The molecule has 5 rings (SSSR count). The molecule has 42 heavy (non-hydrogen) atoms. The Balaban J connectivity index is 1.43. The molecule has 8 nitrogen and oxygen atoms in total. The minimum atomic E-state index is -0.617. The van der Waals surface area contributed by atoms with Crippen molar-refractivity contribution in [3.8, 4) is 17.2 Å². The third-order valence-electron chi connectivity index (χ3n) is 6.51. The van der Waals surface area contributed by atoms with Crippen LogP contribution in [0.4, 0.5) is 5.69 Å². The molecule has 0 fully saturated rings. The molecule has 0 radical (unpaired) electrons. The fourth-order valence-electron chi connectivity index (χ4n) is 4.54. The van der Waals surface area contributed by atoms with Crippen LogP contribution in [0.25, 0.3) is 17.0 Å². The van der Waals surface area contributed by atoms with Gasteiger partial charge in [0.25, 0.3) is 0 Å². The van der Waals surface area contributed by atoms with Crippen LogP contribution in [0.1, 0.15) is 19.4 Å². The predicted molar refractivity (Wildman–Crippen MR) is 167 cm³/mol. The molecule has 3 aromatic carbocycles. The molecule has 1 aromatic heterocycles. The van der Waals surface area contributed by atoms with E-state index in [4.69, 9.17) is 18.9 Å². The van der Waals surface area contributed by atoms with Crippen molar-refractivity contribution in [1.29, 1.82) is 0 Å². The molecule has 0 aliphatic carbocycles. The third-order valence-corrected chi connectivity index (χ3v) is 7.53. The molecule has 216 valence electrons. The summed E-state index contributed by atoms with van der Waals surface area (Å²) in [6.45, 7) is 5.47. The molecule has 0 saturated heterocycles. The van der Waals surface area contributed by atoms with Gasteiger partial charge < -0.3 is 28.6 Å². The van der Waals surface area contributed by atoms with Crippen LogP contribution in [0, 0.1) is 0 Å². The van der Waals surface area contributed by atoms with Crippen molar-refractivity contribution in [2.45, 2.75) is 20.4 Å². The van der Waals surface area contributed by atoms with Gasteiger partial charge in [0, 0.05) is 22.7 Å². The van der Waals surface area contributed by atoms with Gasteiger partial charge in [-0.2, -0.15) is 0 Å². The van der Waals surface area contributed by atoms with E-state index < -0.39 is 5.97 Å². The van der Waals surface area contributed by atoms with Gasteiger partial charge in [-0.3, -0.25) is 0 Å². The van der Waals surface area contributed by atoms with E-state index in [0.717, 1.165) is 33.7 Å². The molecule has 0 atom stereocenters. The van der Waals surface area contributed by atoms with Gasteiger partial charge in [-0.15, -0.1) is 0 Å². The van der Waals surface area contributed by atoms with Crippen molar-refractivity contribution in [2.75, 3.05) is 26.9 Å². The van der Waals surface area contributed by atoms with Gasteiger partial charge in [0.1, 0.15) is 40.2 Å². The van der Waals surface area contributed by atoms with Crippen molar-refractivity contribution < 1.29 is 28.8 Å². The van der Waals surface area contributed by atoms with Gasteiger partial charge in [0.05, 0.1) is 37.5 Å². The summed E-state index contributed by atoms with van der Waals surface area (Å²) in [7, 11) is 1.63. The number of methoxy groups -OCH3 is 1. The highest BCUT2D eigenvalue weighted by molar-refractivity contribution is 8.18. The number of hydrogen-bond donors (Lipinski definition) is 1. The Bertz CT molecular complexity index is 1650. The minimum Gasteiger partial charge on any atom is -0.506 e. The number of benzene rings is 3. The van der Waals surface area contributed by atoms with Crippen molar-refractivity contribution in [3.05, 3.63) is 101 Å². The first-order valence-electron chi connectivity index (χ1n) is 13.7. The molecule has 1 N–H and O–H groups in total. The van der Waals surface area contributed by atoms with Gasteiger partial charge >= 0.3 is 5.97 Å². The maximum Gasteiger partial charge on any atom is 0.344 e. The number of esters is 1. The van der Waals surface area contributed by atoms with E-state index in [0.29, 0.717) is 35.4 Å². The summed E-state index contributed by atoms with van der Waals surface area (Å²) >= 11 is 1.23. The molecule has 4 aromatic rings. The molecule has 0 amide bonds. The summed E-state index contributed by atoms with van der Waals surface area (Å²) in [5.74, 6) is 1.50. The van der Waals surface area contributed by atoms with Gasteiger partial charge in [-0.05, 0) is 74.5 Å². The summed E-state index contributed by atoms with van der Waals surface area (Å²) in [4.78, 5) is 18.1. The zero-order chi connectivity index (χ0) is 29.5. The Morgan fingerprint density at radius 2 is 1.62 bits per heavy atom. The molecule has 1 aliphatic rings. The van der Waals surface area contributed by atoms with E-state index in [2.05, 4.69) is 9.56 Å². The lowest BCUT2D eigenvalue weighted by atomic mass is 10.1. The average molecular weight is 585 g/mol. The second kappa shape index (κ2) is 13.4. The Kier molecular flexibility index (Phi) is 9.18. The largest absolute Gasteiger partial charge is 0.506 e. The number of carbonyl (C=O) groups is 1. The lowest BCUT2D eigenvalue weighted by Gasteiger charge is -2.09. The predicted octanol–water partition coefficient (Wildman–Crippen LogP) is 7.32. The fraction of sp³-hybridized carbons (Fsp3) is 0.212. The Morgan fingerprint density at radius 1 is 0.929 bits per heavy atom. The number of aromatic nitrogens is 1. The number of carbonyl (C=O) groups excluding carboxylic acids is 1. The lowest BCUT2D eigenvalue weighted by molar-refractivity contribution is -0.138. The molecule has 0 saturated carbocycles. The zero-order valence-corrected chi connectivity index (χ0v) is 24.5. The number of aliphatic hydroxyl groups is 1. The summed E-state index contributed by atoms with van der Waals surface area (Å²) in [6, 6.07) is 22.8. The molecule has 1 aliphatic heterocycles. The highest BCUT2D eigenvalue weighted by atomic mass is 32.2. The zero-order valence-electron chi connectivity index (χ0n) is 23.7. The van der Waals surface area contributed by atoms with Gasteiger partial charge in [0.2, 0.25) is 0 Å². The minimum absolute atomic E-state index is 0.0543. The van der Waals surface area contributed by atoms with Crippen LogP contribution >= 0.6 is 11.8 Å². The summed E-state index contributed by atoms with van der Waals surface area (Å²) in [5, 5.41) is 12.6. The highest BCUT2D eigenvalue weighted by Crippen LogP contribution is 2.41. The van der Waals surface area contributed by atoms with Crippen molar-refractivity contribution in [2.24, 2.45) is 4.99 Å². The van der Waals surface area contributed by atoms with Gasteiger partial charge in [0.15, 0.2) is 0 Å². The van der Waals surface area contributed by atoms with Crippen LogP contribution in [0.15, 0.2) is 100 Å². The summed E-state index contributed by atoms with van der Waals surface area (Å²) in [5.41, 5.74) is 2.61. The number of thioether (sulfide) groups is 1. The normalized spacial score (nSPS) is 15.0. The van der Waals surface area contributed by atoms with E-state index in [1.54, 1.807) is 14.0 Å². The second-order valence-corrected chi connectivity index (χ2v) is 10.2. The quantitative estimate of drug-likeness (QED) is 0.185. The fourth-order valence-corrected chi connectivity index (χ4v) is 5.57. The van der Waals surface area contributed by atoms with E-state index in [-0.39, 0.29) is 17.9 Å². The molecule has 2 heterocycles. The molecule has 0 bridgehead atoms. The number of aliphatic hydroxyl groups excluding tert-OH is 1. The van der Waals surface area contributed by atoms with Crippen LogP contribution in [-0.4, -0.2) is 47.6 Å². The van der Waals surface area contributed by atoms with Crippen molar-refractivity contribution >= 4 is 45.4 Å². The highest BCUT2D eigenvalue weighted by Gasteiger charge is 2.33. The molecular formula is C33H32N2O6S. The Hall–Kier alpha value is -4.63. The second-order valence-electron chi connectivity index (χ2n) is 9.22. The molecule has 0 spiro atoms. The monoisotopic (exact) mass is 584 g/mol. The van der Waals surface area contributed by atoms with Crippen molar-refractivity contribution in [1.82, 2.24) is 4.57 Å². The summed E-state index contributed by atoms with van der Waals surface area (Å²) in [6.07, 6.45) is 3.90. The average Bonchev–Trinajstić information content (AvgIpc) is 3.51. The summed E-state index contributed by atoms with van der Waals surface area (Å²) < 4.78 is 24.1. The number of hydrogen-bond acceptors (Lipinski definition) is 8. The van der Waals surface area contributed by atoms with E-state index >= 15 is 0 Å². The van der Waals surface area contributed by atoms with Crippen LogP contribution in [0.2, 0.25) is 0 Å². The number of ether oxygens (including phenoxy) is 4. The maximum absolute atomic E-state index is 12.9. The first-order chi connectivity index (χ1) is 20.5.